The molecule has 1 aromatic heterocycles. The average molecular weight is 367 g/mol. The van der Waals surface area contributed by atoms with Crippen LogP contribution in [-0.2, 0) is 6.61 Å². The van der Waals surface area contributed by atoms with Crippen molar-refractivity contribution in [1.82, 2.24) is 20.2 Å². The number of hydrogen-bond acceptors (Lipinski definition) is 6. The fraction of sp³-hybridized carbons (Fsp3) is 0.263. The van der Waals surface area contributed by atoms with E-state index in [9.17, 15) is 4.79 Å². The van der Waals surface area contributed by atoms with Crippen molar-refractivity contribution in [2.75, 3.05) is 12.4 Å². The first-order valence-electron chi connectivity index (χ1n) is 8.52. The highest BCUT2D eigenvalue weighted by molar-refractivity contribution is 6.04. The van der Waals surface area contributed by atoms with Crippen LogP contribution in [0.5, 0.6) is 11.5 Å². The zero-order chi connectivity index (χ0) is 19.2. The summed E-state index contributed by atoms with van der Waals surface area (Å²) >= 11 is 0. The molecule has 0 saturated heterocycles. The van der Waals surface area contributed by atoms with Crippen molar-refractivity contribution in [3.05, 3.63) is 59.9 Å². The average Bonchev–Trinajstić information content (AvgIpc) is 3.16. The number of carbonyl (C=O) groups excluding carboxylic acids is 1. The molecule has 140 valence electrons. The normalized spacial score (nSPS) is 10.7. The van der Waals surface area contributed by atoms with E-state index in [4.69, 9.17) is 9.47 Å². The number of hydrogen-bond donors (Lipinski definition) is 1. The molecule has 1 heterocycles. The molecular formula is C19H21N5O3. The number of methoxy groups -OCH3 is 1. The Morgan fingerprint density at radius 3 is 2.63 bits per heavy atom. The number of rotatable bonds is 7. The molecule has 0 radical (unpaired) electrons. The van der Waals surface area contributed by atoms with Gasteiger partial charge < -0.3 is 14.8 Å². The van der Waals surface area contributed by atoms with Gasteiger partial charge in [-0.25, -0.2) is 4.68 Å². The highest BCUT2D eigenvalue weighted by Crippen LogP contribution is 2.19. The van der Waals surface area contributed by atoms with Gasteiger partial charge in [0, 0.05) is 17.3 Å². The molecule has 0 unspecified atom stereocenters. The number of benzene rings is 2. The molecule has 0 aliphatic carbocycles. The van der Waals surface area contributed by atoms with Crippen molar-refractivity contribution in [2.24, 2.45) is 0 Å². The van der Waals surface area contributed by atoms with E-state index in [0.29, 0.717) is 28.6 Å². The zero-order valence-electron chi connectivity index (χ0n) is 15.4. The van der Waals surface area contributed by atoms with E-state index < -0.39 is 0 Å². The number of tetrazole rings is 1. The molecule has 27 heavy (non-hydrogen) atoms. The molecule has 3 rings (SSSR count). The fourth-order valence-electron chi connectivity index (χ4n) is 2.46. The molecule has 8 heteroatoms. The van der Waals surface area contributed by atoms with E-state index in [1.807, 2.05) is 26.0 Å². The number of ether oxygens (including phenoxy) is 2. The number of aromatic nitrogens is 4. The van der Waals surface area contributed by atoms with Crippen LogP contribution in [0, 0.1) is 0 Å². The van der Waals surface area contributed by atoms with Crippen LogP contribution in [-0.4, -0.2) is 33.2 Å². The van der Waals surface area contributed by atoms with Crippen LogP contribution in [0.1, 0.15) is 36.1 Å². The second-order valence-corrected chi connectivity index (χ2v) is 6.13. The second kappa shape index (κ2) is 8.31. The van der Waals surface area contributed by atoms with E-state index in [2.05, 4.69) is 20.8 Å². The first kappa shape index (κ1) is 18.4. The minimum atomic E-state index is -0.210. The van der Waals surface area contributed by atoms with Gasteiger partial charge in [-0.15, -0.1) is 5.10 Å². The van der Waals surface area contributed by atoms with E-state index >= 15 is 0 Å². The molecule has 0 spiro atoms. The minimum Gasteiger partial charge on any atom is -0.497 e. The maximum absolute atomic E-state index is 12.4. The lowest BCUT2D eigenvalue weighted by Gasteiger charge is -2.10. The molecule has 0 fully saturated rings. The van der Waals surface area contributed by atoms with Gasteiger partial charge >= 0.3 is 0 Å². The Hall–Kier alpha value is -3.42. The Morgan fingerprint density at radius 1 is 1.15 bits per heavy atom. The number of carbonyl (C=O) groups is 1. The van der Waals surface area contributed by atoms with E-state index in [0.717, 1.165) is 0 Å². The third kappa shape index (κ3) is 4.60. The monoisotopic (exact) mass is 367 g/mol. The van der Waals surface area contributed by atoms with Gasteiger partial charge in [0.2, 0.25) is 0 Å². The summed E-state index contributed by atoms with van der Waals surface area (Å²) in [5.41, 5.74) is 1.19. The molecule has 1 amide bonds. The predicted molar refractivity (Wildman–Crippen MR) is 99.9 cm³/mol. The van der Waals surface area contributed by atoms with Gasteiger partial charge in [-0.2, -0.15) is 0 Å². The quantitative estimate of drug-likeness (QED) is 0.690. The lowest BCUT2D eigenvalue weighted by Crippen LogP contribution is -2.12. The topological polar surface area (TPSA) is 91.2 Å². The lowest BCUT2D eigenvalue weighted by molar-refractivity contribution is 0.102. The summed E-state index contributed by atoms with van der Waals surface area (Å²) in [5.74, 6) is 1.75. The first-order valence-corrected chi connectivity index (χ1v) is 8.52. The predicted octanol–water partition coefficient (Wildman–Crippen LogP) is 3.09. The van der Waals surface area contributed by atoms with Crippen LogP contribution >= 0.6 is 0 Å². The van der Waals surface area contributed by atoms with Crippen LogP contribution in [0.2, 0.25) is 0 Å². The van der Waals surface area contributed by atoms with Crippen LogP contribution in [0.3, 0.4) is 0 Å². The van der Waals surface area contributed by atoms with Gasteiger partial charge in [-0.1, -0.05) is 6.07 Å². The molecule has 0 saturated carbocycles. The molecule has 1 N–H and O–H groups in total. The Morgan fingerprint density at radius 2 is 1.93 bits per heavy atom. The van der Waals surface area contributed by atoms with Gasteiger partial charge in [-0.05, 0) is 60.7 Å². The van der Waals surface area contributed by atoms with Crippen LogP contribution in [0.15, 0.2) is 48.5 Å². The maximum Gasteiger partial charge on any atom is 0.255 e. The molecule has 2 aromatic carbocycles. The van der Waals surface area contributed by atoms with Crippen molar-refractivity contribution in [1.29, 1.82) is 0 Å². The Kier molecular flexibility index (Phi) is 5.65. The molecule has 3 aromatic rings. The number of nitrogens with one attached hydrogen (secondary N) is 1. The summed E-state index contributed by atoms with van der Waals surface area (Å²) in [6.45, 7) is 4.24. The van der Waals surface area contributed by atoms with Crippen LogP contribution in [0.25, 0.3) is 0 Å². The van der Waals surface area contributed by atoms with Gasteiger partial charge in [0.05, 0.1) is 13.2 Å². The first-order chi connectivity index (χ1) is 13.1. The molecule has 0 bridgehead atoms. The van der Waals surface area contributed by atoms with Crippen LogP contribution in [0.4, 0.5) is 5.69 Å². The summed E-state index contributed by atoms with van der Waals surface area (Å²) in [6, 6.07) is 14.2. The molecule has 8 nitrogen and oxygen atoms in total. The van der Waals surface area contributed by atoms with Gasteiger partial charge in [0.15, 0.2) is 5.82 Å². The maximum atomic E-state index is 12.4. The summed E-state index contributed by atoms with van der Waals surface area (Å²) < 4.78 is 12.6. The number of amides is 1. The van der Waals surface area contributed by atoms with Crippen molar-refractivity contribution in [3.8, 4) is 11.5 Å². The second-order valence-electron chi connectivity index (χ2n) is 6.13. The minimum absolute atomic E-state index is 0.154. The van der Waals surface area contributed by atoms with Crippen molar-refractivity contribution in [2.45, 2.75) is 26.5 Å². The molecular weight excluding hydrogens is 346 g/mol. The highest BCUT2D eigenvalue weighted by Gasteiger charge is 2.11. The Bertz CT molecular complexity index is 906. The standard InChI is InChI=1S/C19H21N5O3/c1-13(2)24-18(21-22-23-24)12-27-16-9-7-14(8-10-16)19(25)20-15-5-4-6-17(11-15)26-3/h4-11,13H,12H2,1-3H3,(H,20,25). The summed E-state index contributed by atoms with van der Waals surface area (Å²) in [7, 11) is 1.58. The van der Waals surface area contributed by atoms with E-state index in [-0.39, 0.29) is 18.6 Å². The fourth-order valence-corrected chi connectivity index (χ4v) is 2.46. The van der Waals surface area contributed by atoms with Gasteiger partial charge in [0.25, 0.3) is 5.91 Å². The molecule has 0 aliphatic rings. The summed E-state index contributed by atoms with van der Waals surface area (Å²) in [6.07, 6.45) is 0. The molecule has 0 atom stereocenters. The Balaban J connectivity index is 1.61. The number of nitrogens with zero attached hydrogens (tertiary/aromatic N) is 4. The van der Waals surface area contributed by atoms with E-state index in [1.165, 1.54) is 0 Å². The SMILES string of the molecule is COc1cccc(NC(=O)c2ccc(OCc3nnnn3C(C)C)cc2)c1. The zero-order valence-corrected chi connectivity index (χ0v) is 15.4. The summed E-state index contributed by atoms with van der Waals surface area (Å²) in [5, 5.41) is 14.4. The largest absolute Gasteiger partial charge is 0.497 e. The smallest absolute Gasteiger partial charge is 0.255 e. The lowest BCUT2D eigenvalue weighted by atomic mass is 10.2. The highest BCUT2D eigenvalue weighted by atomic mass is 16.5. The molecule has 0 aliphatic heterocycles. The van der Waals surface area contributed by atoms with E-state index in [1.54, 1.807) is 48.2 Å². The Labute approximate surface area is 157 Å². The van der Waals surface area contributed by atoms with Crippen molar-refractivity contribution in [3.63, 3.8) is 0 Å². The van der Waals surface area contributed by atoms with Gasteiger partial charge in [-0.3, -0.25) is 4.79 Å². The third-order valence-corrected chi connectivity index (χ3v) is 3.86. The number of anilines is 1. The van der Waals surface area contributed by atoms with Crippen LogP contribution < -0.4 is 14.8 Å². The van der Waals surface area contributed by atoms with Gasteiger partial charge in [0.1, 0.15) is 18.1 Å². The summed E-state index contributed by atoms with van der Waals surface area (Å²) in [4.78, 5) is 12.4. The van der Waals surface area contributed by atoms with Crippen molar-refractivity contribution < 1.29 is 14.3 Å². The van der Waals surface area contributed by atoms with Crippen molar-refractivity contribution >= 4 is 11.6 Å². The third-order valence-electron chi connectivity index (χ3n) is 3.86.